The van der Waals surface area contributed by atoms with Crippen LogP contribution in [0.3, 0.4) is 0 Å². The van der Waals surface area contributed by atoms with Crippen molar-refractivity contribution < 1.29 is 4.79 Å². The van der Waals surface area contributed by atoms with Crippen molar-refractivity contribution in [2.45, 2.75) is 36.0 Å². The zero-order chi connectivity index (χ0) is 12.8. The number of hydrogen-bond acceptors (Lipinski definition) is 2. The third-order valence-corrected chi connectivity index (χ3v) is 5.53. The number of rotatable bonds is 3. The number of fused-ring (bicyclic) bond motifs is 1. The monoisotopic (exact) mass is 258 g/mol. The van der Waals surface area contributed by atoms with Crippen LogP contribution in [0.15, 0.2) is 41.8 Å². The Hall–Kier alpha value is -1.02. The fraction of sp³-hybridized carbons (Fsp3) is 0.438. The number of hydrogen-bond donors (Lipinski definition) is 0. The zero-order valence-corrected chi connectivity index (χ0v) is 11.6. The summed E-state index contributed by atoms with van der Waals surface area (Å²) in [5.74, 6) is 0.407. The highest BCUT2D eigenvalue weighted by molar-refractivity contribution is 7.98. The van der Waals surface area contributed by atoms with E-state index >= 15 is 0 Å². The summed E-state index contributed by atoms with van der Waals surface area (Å²) in [5.41, 5.74) is 1.66. The number of ketones is 1. The van der Waals surface area contributed by atoms with E-state index < -0.39 is 0 Å². The molecule has 2 saturated carbocycles. The molecule has 3 rings (SSSR count). The maximum Gasteiger partial charge on any atom is 0.133 e. The van der Waals surface area contributed by atoms with Crippen LogP contribution in [0.2, 0.25) is 0 Å². The number of carbonyl (C=O) groups excluding carboxylic acids is 1. The van der Waals surface area contributed by atoms with E-state index in [0.29, 0.717) is 12.2 Å². The lowest BCUT2D eigenvalue weighted by Gasteiger charge is -2.28. The van der Waals surface area contributed by atoms with Crippen LogP contribution in [0.25, 0.3) is 0 Å². The van der Waals surface area contributed by atoms with Gasteiger partial charge in [-0.2, -0.15) is 0 Å². The van der Waals surface area contributed by atoms with Crippen molar-refractivity contribution in [1.82, 2.24) is 0 Å². The van der Waals surface area contributed by atoms with Crippen LogP contribution in [0.1, 0.15) is 31.2 Å². The van der Waals surface area contributed by atoms with Gasteiger partial charge in [0.05, 0.1) is 0 Å². The quantitative estimate of drug-likeness (QED) is 0.602. The first kappa shape index (κ1) is 12.0. The van der Waals surface area contributed by atoms with Crippen LogP contribution < -0.4 is 0 Å². The molecule has 0 amide bonds. The molecule has 0 aromatic heterocycles. The number of benzene rings is 1. The molecule has 0 N–H and O–H groups in total. The number of carbonyl (C=O) groups is 1. The summed E-state index contributed by atoms with van der Waals surface area (Å²) in [4.78, 5) is 13.0. The highest BCUT2D eigenvalue weighted by atomic mass is 32.2. The Balaban J connectivity index is 2.01. The van der Waals surface area contributed by atoms with Crippen molar-refractivity contribution >= 4 is 17.5 Å². The van der Waals surface area contributed by atoms with Crippen molar-refractivity contribution in [2.75, 3.05) is 6.26 Å². The maximum absolute atomic E-state index is 11.7. The second-order valence-corrected chi connectivity index (χ2v) is 6.45. The Morgan fingerprint density at radius 3 is 3.00 bits per heavy atom. The van der Waals surface area contributed by atoms with Crippen molar-refractivity contribution in [3.05, 3.63) is 42.5 Å². The number of Topliss-reactive ketones (excluding diaryl/α,β-unsaturated/α-hetero) is 1. The molecule has 2 fully saturated rings. The van der Waals surface area contributed by atoms with Gasteiger partial charge >= 0.3 is 0 Å². The first-order chi connectivity index (χ1) is 8.66. The molecule has 0 aliphatic heterocycles. The van der Waals surface area contributed by atoms with Gasteiger partial charge in [-0.1, -0.05) is 18.2 Å². The van der Waals surface area contributed by atoms with E-state index in [9.17, 15) is 4.79 Å². The van der Waals surface area contributed by atoms with E-state index in [4.69, 9.17) is 0 Å². The zero-order valence-electron chi connectivity index (χ0n) is 10.7. The van der Waals surface area contributed by atoms with E-state index in [-0.39, 0.29) is 10.8 Å². The molecule has 0 radical (unpaired) electrons. The Kier molecular flexibility index (Phi) is 2.67. The van der Waals surface area contributed by atoms with Gasteiger partial charge in [0.15, 0.2) is 0 Å². The van der Waals surface area contributed by atoms with E-state index in [1.807, 2.05) is 6.08 Å². The molecule has 2 heteroatoms. The average Bonchev–Trinajstić information content (AvgIpc) is 3.09. The molecule has 0 heterocycles. The van der Waals surface area contributed by atoms with E-state index in [2.05, 4.69) is 37.1 Å². The van der Waals surface area contributed by atoms with Gasteiger partial charge in [0.1, 0.15) is 5.78 Å². The van der Waals surface area contributed by atoms with Crippen LogP contribution in [0, 0.1) is 5.41 Å². The molecule has 2 aliphatic rings. The van der Waals surface area contributed by atoms with Gasteiger partial charge in [0.2, 0.25) is 0 Å². The molecule has 0 bridgehead atoms. The summed E-state index contributed by atoms with van der Waals surface area (Å²) in [6.07, 6.45) is 7.67. The van der Waals surface area contributed by atoms with Crippen LogP contribution >= 0.6 is 11.8 Å². The van der Waals surface area contributed by atoms with Crippen molar-refractivity contribution in [3.8, 4) is 0 Å². The molecular formula is C16H18OS. The van der Waals surface area contributed by atoms with Gasteiger partial charge in [0, 0.05) is 28.6 Å². The summed E-state index contributed by atoms with van der Waals surface area (Å²) in [6.45, 7) is 3.99. The molecule has 94 valence electrons. The van der Waals surface area contributed by atoms with Gasteiger partial charge in [-0.3, -0.25) is 4.79 Å². The lowest BCUT2D eigenvalue weighted by molar-refractivity contribution is -0.121. The molecule has 1 aromatic carbocycles. The molecular weight excluding hydrogens is 240 g/mol. The molecule has 2 aliphatic carbocycles. The number of allylic oxidation sites excluding steroid dienone is 1. The smallest absolute Gasteiger partial charge is 0.133 e. The fourth-order valence-corrected chi connectivity index (χ4v) is 4.11. The Labute approximate surface area is 113 Å². The minimum Gasteiger partial charge on any atom is -0.300 e. The normalized spacial score (nSPS) is 33.9. The van der Waals surface area contributed by atoms with Crippen LogP contribution in [-0.4, -0.2) is 12.0 Å². The second kappa shape index (κ2) is 3.99. The van der Waals surface area contributed by atoms with Gasteiger partial charge in [-0.25, -0.2) is 0 Å². The molecule has 1 aromatic rings. The van der Waals surface area contributed by atoms with Gasteiger partial charge in [-0.15, -0.1) is 18.3 Å². The Morgan fingerprint density at radius 2 is 2.28 bits per heavy atom. The second-order valence-electron chi connectivity index (χ2n) is 5.57. The minimum atomic E-state index is 0.0549. The van der Waals surface area contributed by atoms with Crippen molar-refractivity contribution in [1.29, 1.82) is 0 Å². The molecule has 2 unspecified atom stereocenters. The Morgan fingerprint density at radius 1 is 1.44 bits per heavy atom. The predicted molar refractivity (Wildman–Crippen MR) is 76.0 cm³/mol. The predicted octanol–water partition coefficient (Wildman–Crippen LogP) is 3.98. The third kappa shape index (κ3) is 1.51. The first-order valence-corrected chi connectivity index (χ1v) is 7.68. The SMILES string of the molecule is C=CC12CC(=O)CCC1(c1cccc(SC)c1)C2. The van der Waals surface area contributed by atoms with Crippen molar-refractivity contribution in [3.63, 3.8) is 0 Å². The summed E-state index contributed by atoms with van der Waals surface area (Å²) in [7, 11) is 0. The molecule has 1 nitrogen and oxygen atoms in total. The highest BCUT2D eigenvalue weighted by Gasteiger charge is 2.68. The fourth-order valence-electron chi connectivity index (χ4n) is 3.65. The van der Waals surface area contributed by atoms with Crippen LogP contribution in [0.4, 0.5) is 0 Å². The Bertz CT molecular complexity index is 518. The van der Waals surface area contributed by atoms with E-state index in [1.54, 1.807) is 11.8 Å². The third-order valence-electron chi connectivity index (χ3n) is 4.80. The molecule has 0 saturated heterocycles. The molecule has 18 heavy (non-hydrogen) atoms. The highest BCUT2D eigenvalue weighted by Crippen LogP contribution is 2.71. The van der Waals surface area contributed by atoms with E-state index in [1.165, 1.54) is 10.5 Å². The summed E-state index contributed by atoms with van der Waals surface area (Å²) in [6, 6.07) is 8.81. The summed E-state index contributed by atoms with van der Waals surface area (Å²) < 4.78 is 0. The van der Waals surface area contributed by atoms with E-state index in [0.717, 1.165) is 19.3 Å². The summed E-state index contributed by atoms with van der Waals surface area (Å²) in [5, 5.41) is 0. The standard InChI is InChI=1S/C16H18OS/c1-3-15-10-13(17)7-8-16(15,11-15)12-5-4-6-14(9-12)18-2/h3-6,9H,1,7-8,10-11H2,2H3. The van der Waals surface area contributed by atoms with Crippen LogP contribution in [0.5, 0.6) is 0 Å². The lowest BCUT2D eigenvalue weighted by Crippen LogP contribution is -2.26. The average molecular weight is 258 g/mol. The van der Waals surface area contributed by atoms with Gasteiger partial charge < -0.3 is 0 Å². The number of thioether (sulfide) groups is 1. The van der Waals surface area contributed by atoms with Crippen molar-refractivity contribution in [2.24, 2.45) is 5.41 Å². The molecule has 2 atom stereocenters. The topological polar surface area (TPSA) is 17.1 Å². The minimum absolute atomic E-state index is 0.0549. The lowest BCUT2D eigenvalue weighted by atomic mass is 9.75. The maximum atomic E-state index is 11.7. The van der Waals surface area contributed by atoms with Crippen LogP contribution in [-0.2, 0) is 10.2 Å². The molecule has 0 spiro atoms. The first-order valence-electron chi connectivity index (χ1n) is 6.46. The van der Waals surface area contributed by atoms with Gasteiger partial charge in [0.25, 0.3) is 0 Å². The summed E-state index contributed by atoms with van der Waals surface area (Å²) >= 11 is 1.78. The van der Waals surface area contributed by atoms with Gasteiger partial charge in [-0.05, 0) is 36.8 Å². The largest absolute Gasteiger partial charge is 0.300 e.